The molecule has 10 heavy (non-hydrogen) atoms. The summed E-state index contributed by atoms with van der Waals surface area (Å²) in [6, 6.07) is 2.77. The topological polar surface area (TPSA) is 24.1 Å². The molecule has 0 spiro atoms. The van der Waals surface area contributed by atoms with Gasteiger partial charge in [0.05, 0.1) is 0 Å². The van der Waals surface area contributed by atoms with Crippen LogP contribution in [0.3, 0.4) is 0 Å². The number of halogens is 2. The molecule has 1 aromatic heterocycles. The highest BCUT2D eigenvalue weighted by Gasteiger charge is 2.15. The molecule has 1 rings (SSSR count). The number of rotatable bonds is 0. The number of aryl methyl sites for hydroxylation is 1. The van der Waals surface area contributed by atoms with Gasteiger partial charge in [-0.1, -0.05) is 0 Å². The fourth-order valence-corrected chi connectivity index (χ4v) is 1.00. The predicted octanol–water partition coefficient (Wildman–Crippen LogP) is 1.42. The molecule has 0 unspecified atom stereocenters. The molecule has 1 N–H and O–H groups in total. The summed E-state index contributed by atoms with van der Waals surface area (Å²) >= 11 is 2.87. The van der Waals surface area contributed by atoms with E-state index in [1.807, 2.05) is 0 Å². The minimum Gasteiger partial charge on any atom is -0.284 e. The average molecular weight is 207 g/mol. The molecule has 0 aliphatic carbocycles. The summed E-state index contributed by atoms with van der Waals surface area (Å²) in [7, 11) is 0. The van der Waals surface area contributed by atoms with Crippen molar-refractivity contribution in [3.63, 3.8) is 0 Å². The third-order valence-electron chi connectivity index (χ3n) is 1.19. The normalized spacial score (nSPS) is 9.90. The Morgan fingerprint density at radius 2 is 2.20 bits per heavy atom. The molecular weight excluding hydrogens is 201 g/mol. The molecule has 0 radical (unpaired) electrons. The van der Waals surface area contributed by atoms with Gasteiger partial charge in [0.15, 0.2) is 0 Å². The van der Waals surface area contributed by atoms with Gasteiger partial charge in [-0.2, -0.15) is 4.39 Å². The maximum absolute atomic E-state index is 12.5. The Morgan fingerprint density at radius 3 is 2.70 bits per heavy atom. The number of hydrogen-bond acceptors (Lipinski definition) is 1. The van der Waals surface area contributed by atoms with Crippen molar-refractivity contribution in [3.05, 3.63) is 28.2 Å². The van der Waals surface area contributed by atoms with Crippen LogP contribution in [0.4, 0.5) is 4.39 Å². The van der Waals surface area contributed by atoms with Gasteiger partial charge in [0.1, 0.15) is 0 Å². The summed E-state index contributed by atoms with van der Waals surface area (Å²) < 4.78 is 13.3. The van der Waals surface area contributed by atoms with Crippen LogP contribution in [-0.2, 0) is 0 Å². The molecule has 54 valence electrons. The number of pyridine rings is 1. The summed E-state index contributed by atoms with van der Waals surface area (Å²) in [6.07, 6.45) is 0. The van der Waals surface area contributed by atoms with Crippen LogP contribution in [0.15, 0.2) is 16.7 Å². The Hall–Kier alpha value is -0.640. The SMILES string of the molecule is Cc1ccc(F)c(Br)[n+]1O. The standard InChI is InChI=1S/C6H6BrFNO/c1-4-2-3-5(8)6(7)9(4)10/h2-3,10H,1H3/q+1. The Morgan fingerprint density at radius 1 is 1.60 bits per heavy atom. The van der Waals surface area contributed by atoms with E-state index in [2.05, 4.69) is 15.9 Å². The van der Waals surface area contributed by atoms with Gasteiger partial charge in [-0.25, -0.2) is 0 Å². The van der Waals surface area contributed by atoms with E-state index in [0.29, 0.717) is 5.69 Å². The van der Waals surface area contributed by atoms with E-state index in [0.717, 1.165) is 4.73 Å². The number of aromatic nitrogens is 1. The van der Waals surface area contributed by atoms with Crippen LogP contribution in [0.1, 0.15) is 5.69 Å². The van der Waals surface area contributed by atoms with Gasteiger partial charge >= 0.3 is 4.60 Å². The van der Waals surface area contributed by atoms with E-state index in [9.17, 15) is 4.39 Å². The molecule has 0 saturated heterocycles. The number of hydrogen-bond donors (Lipinski definition) is 1. The van der Waals surface area contributed by atoms with Crippen LogP contribution in [0.2, 0.25) is 0 Å². The van der Waals surface area contributed by atoms with Gasteiger partial charge in [0, 0.05) is 33.7 Å². The van der Waals surface area contributed by atoms with E-state index in [1.54, 1.807) is 6.92 Å². The summed E-state index contributed by atoms with van der Waals surface area (Å²) in [6.45, 7) is 1.67. The summed E-state index contributed by atoms with van der Waals surface area (Å²) in [5.41, 5.74) is 0.577. The van der Waals surface area contributed by atoms with Gasteiger partial charge in [-0.3, -0.25) is 5.21 Å². The second kappa shape index (κ2) is 2.54. The minimum atomic E-state index is -0.479. The lowest BCUT2D eigenvalue weighted by Crippen LogP contribution is -2.36. The Balaban J connectivity index is 3.34. The first-order valence-electron chi connectivity index (χ1n) is 2.69. The average Bonchev–Trinajstić information content (AvgIpc) is 1.93. The zero-order valence-electron chi connectivity index (χ0n) is 5.31. The first-order valence-corrected chi connectivity index (χ1v) is 3.48. The van der Waals surface area contributed by atoms with Gasteiger partial charge in [-0.05, 0) is 6.07 Å². The van der Waals surface area contributed by atoms with Crippen molar-refractivity contribution in [2.75, 3.05) is 0 Å². The maximum Gasteiger partial charge on any atom is 0.334 e. The lowest BCUT2D eigenvalue weighted by atomic mass is 10.4. The molecule has 0 aromatic carbocycles. The largest absolute Gasteiger partial charge is 0.334 e. The van der Waals surface area contributed by atoms with Crippen LogP contribution in [0.5, 0.6) is 0 Å². The first kappa shape index (κ1) is 7.47. The zero-order valence-corrected chi connectivity index (χ0v) is 6.89. The molecule has 0 aliphatic rings. The van der Waals surface area contributed by atoms with Crippen LogP contribution in [-0.4, -0.2) is 5.21 Å². The van der Waals surface area contributed by atoms with Crippen LogP contribution in [0.25, 0.3) is 0 Å². The fraction of sp³-hybridized carbons (Fsp3) is 0.167. The van der Waals surface area contributed by atoms with Crippen LogP contribution >= 0.6 is 15.9 Å². The highest BCUT2D eigenvalue weighted by Crippen LogP contribution is 2.08. The quantitative estimate of drug-likeness (QED) is 0.388. The second-order valence-electron chi connectivity index (χ2n) is 1.93. The van der Waals surface area contributed by atoms with Gasteiger partial charge in [-0.15, -0.1) is 0 Å². The lowest BCUT2D eigenvalue weighted by molar-refractivity contribution is -0.917. The van der Waals surface area contributed by atoms with Gasteiger partial charge in [0.25, 0.3) is 0 Å². The zero-order chi connectivity index (χ0) is 7.72. The minimum absolute atomic E-state index is 0.0486. The Labute approximate surface area is 66.0 Å². The molecule has 1 heterocycles. The molecule has 2 nitrogen and oxygen atoms in total. The molecule has 0 amide bonds. The third kappa shape index (κ3) is 1.11. The molecule has 1 aromatic rings. The second-order valence-corrected chi connectivity index (χ2v) is 2.68. The van der Waals surface area contributed by atoms with Crippen molar-refractivity contribution in [2.24, 2.45) is 0 Å². The van der Waals surface area contributed by atoms with Crippen molar-refractivity contribution in [3.8, 4) is 0 Å². The van der Waals surface area contributed by atoms with Crippen LogP contribution < -0.4 is 4.73 Å². The molecule has 0 bridgehead atoms. The van der Waals surface area contributed by atoms with Crippen molar-refractivity contribution in [1.82, 2.24) is 0 Å². The van der Waals surface area contributed by atoms with E-state index in [1.165, 1.54) is 12.1 Å². The molecule has 0 atom stereocenters. The van der Waals surface area contributed by atoms with Gasteiger partial charge in [0.2, 0.25) is 11.5 Å². The summed E-state index contributed by atoms with van der Waals surface area (Å²) in [5.74, 6) is -0.479. The lowest BCUT2D eigenvalue weighted by Gasteiger charge is -1.91. The predicted molar refractivity (Wildman–Crippen MR) is 36.2 cm³/mol. The van der Waals surface area contributed by atoms with Crippen molar-refractivity contribution < 1.29 is 14.3 Å². The van der Waals surface area contributed by atoms with E-state index < -0.39 is 5.82 Å². The summed E-state index contributed by atoms with van der Waals surface area (Å²) in [5, 5.41) is 9.02. The summed E-state index contributed by atoms with van der Waals surface area (Å²) in [4.78, 5) is 0. The smallest absolute Gasteiger partial charge is 0.284 e. The Kier molecular flexibility index (Phi) is 1.89. The van der Waals surface area contributed by atoms with Crippen LogP contribution in [0, 0.1) is 12.7 Å². The molecule has 0 aliphatic heterocycles. The maximum atomic E-state index is 12.5. The van der Waals surface area contributed by atoms with E-state index in [-0.39, 0.29) is 4.60 Å². The van der Waals surface area contributed by atoms with Crippen molar-refractivity contribution in [2.45, 2.75) is 6.92 Å². The molecule has 0 fully saturated rings. The van der Waals surface area contributed by atoms with E-state index >= 15 is 0 Å². The highest BCUT2D eigenvalue weighted by molar-refractivity contribution is 9.10. The Bertz CT molecular complexity index is 237. The monoisotopic (exact) mass is 206 g/mol. The fourth-order valence-electron chi connectivity index (χ4n) is 0.589. The first-order chi connectivity index (χ1) is 4.63. The highest BCUT2D eigenvalue weighted by atomic mass is 79.9. The molecule has 4 heteroatoms. The number of nitrogens with zero attached hydrogens (tertiary/aromatic N) is 1. The third-order valence-corrected chi connectivity index (χ3v) is 1.90. The van der Waals surface area contributed by atoms with E-state index in [4.69, 9.17) is 5.21 Å². The van der Waals surface area contributed by atoms with Crippen molar-refractivity contribution in [1.29, 1.82) is 0 Å². The molecular formula is C6H6BrFNO+. The van der Waals surface area contributed by atoms with Gasteiger partial charge < -0.3 is 0 Å². The van der Waals surface area contributed by atoms with Crippen molar-refractivity contribution >= 4 is 15.9 Å². The molecule has 0 saturated carbocycles.